The van der Waals surface area contributed by atoms with E-state index >= 15 is 0 Å². The van der Waals surface area contributed by atoms with E-state index in [0.29, 0.717) is 6.07 Å². The van der Waals surface area contributed by atoms with E-state index < -0.39 is 37.8 Å². The molecule has 1 atom stereocenters. The van der Waals surface area contributed by atoms with E-state index in [-0.39, 0.29) is 16.8 Å². The summed E-state index contributed by atoms with van der Waals surface area (Å²) in [6.07, 6.45) is -0.352. The summed E-state index contributed by atoms with van der Waals surface area (Å²) in [7, 11) is -3.36. The van der Waals surface area contributed by atoms with Gasteiger partial charge >= 0.3 is 11.5 Å². The predicted octanol–water partition coefficient (Wildman–Crippen LogP) is 3.27. The van der Waals surface area contributed by atoms with Crippen LogP contribution < -0.4 is 0 Å². The second-order valence-corrected chi connectivity index (χ2v) is 6.92. The largest absolute Gasteiger partial charge is 0.475 e. The molecule has 0 saturated carbocycles. The predicted molar refractivity (Wildman–Crippen MR) is 77.5 cm³/mol. The number of hydrogen-bond donors (Lipinski definition) is 0. The molecule has 0 N–H and O–H groups in total. The van der Waals surface area contributed by atoms with E-state index in [0.717, 1.165) is 23.9 Å². The van der Waals surface area contributed by atoms with E-state index in [4.69, 9.17) is 4.74 Å². The summed E-state index contributed by atoms with van der Waals surface area (Å²) in [4.78, 5) is 20.7. The van der Waals surface area contributed by atoms with Crippen molar-refractivity contribution in [3.63, 3.8) is 0 Å². The number of nitro groups is 1. The molecule has 0 aromatic heterocycles. The molecule has 128 valence electrons. The van der Waals surface area contributed by atoms with E-state index in [1.165, 1.54) is 0 Å². The van der Waals surface area contributed by atoms with Gasteiger partial charge in [0.1, 0.15) is 0 Å². The minimum atomic E-state index is -5.01. The zero-order chi connectivity index (χ0) is 17.8. The Kier molecular flexibility index (Phi) is 6.57. The van der Waals surface area contributed by atoms with Gasteiger partial charge in [0.2, 0.25) is 0 Å². The van der Waals surface area contributed by atoms with Crippen molar-refractivity contribution < 1.29 is 31.8 Å². The molecule has 1 aromatic rings. The molecule has 0 fully saturated rings. The molecule has 6 nitrogen and oxygen atoms in total. The Bertz CT molecular complexity index is 634. The molecule has 0 aliphatic carbocycles. The molecular formula is C12H12F3NO5S2. The van der Waals surface area contributed by atoms with Crippen LogP contribution in [0.1, 0.15) is 13.8 Å². The maximum Gasteiger partial charge on any atom is 0.475 e. The second-order valence-electron chi connectivity index (χ2n) is 4.43. The number of nitrogens with zero attached hydrogens (tertiary/aromatic N) is 1. The Morgan fingerprint density at radius 2 is 2.04 bits per heavy atom. The summed E-state index contributed by atoms with van der Waals surface area (Å²) in [5.41, 5.74) is -5.66. The third-order valence-corrected chi connectivity index (χ3v) is 4.40. The maximum atomic E-state index is 12.4. The van der Waals surface area contributed by atoms with E-state index in [1.807, 2.05) is 0 Å². The Morgan fingerprint density at radius 1 is 1.43 bits per heavy atom. The van der Waals surface area contributed by atoms with Gasteiger partial charge in [-0.2, -0.15) is 13.2 Å². The van der Waals surface area contributed by atoms with Crippen LogP contribution in [0.2, 0.25) is 0 Å². The van der Waals surface area contributed by atoms with Gasteiger partial charge in [-0.3, -0.25) is 14.9 Å². The minimum Gasteiger partial charge on any atom is -0.462 e. The van der Waals surface area contributed by atoms with Gasteiger partial charge in [-0.1, -0.05) is 0 Å². The summed E-state index contributed by atoms with van der Waals surface area (Å²) in [6.45, 7) is 3.26. The van der Waals surface area contributed by atoms with Crippen molar-refractivity contribution in [3.05, 3.63) is 28.3 Å². The highest BCUT2D eigenvalue weighted by molar-refractivity contribution is 8.00. The topological polar surface area (TPSA) is 86.5 Å². The van der Waals surface area contributed by atoms with Gasteiger partial charge in [-0.25, -0.2) is 4.21 Å². The number of esters is 1. The lowest BCUT2D eigenvalue weighted by atomic mass is 10.3. The number of rotatable bonds is 6. The summed E-state index contributed by atoms with van der Waals surface area (Å²) in [6, 6.07) is 2.51. The summed E-state index contributed by atoms with van der Waals surface area (Å²) < 4.78 is 53.3. The maximum absolute atomic E-state index is 12.4. The third-order valence-electron chi connectivity index (χ3n) is 2.26. The fourth-order valence-corrected chi connectivity index (χ4v) is 2.91. The van der Waals surface area contributed by atoms with Crippen LogP contribution in [0.4, 0.5) is 18.9 Å². The lowest BCUT2D eigenvalue weighted by Crippen LogP contribution is -2.16. The number of carbonyl (C=O) groups is 1. The first-order chi connectivity index (χ1) is 10.5. The molecule has 0 spiro atoms. The van der Waals surface area contributed by atoms with Gasteiger partial charge in [-0.05, 0) is 26.0 Å². The van der Waals surface area contributed by atoms with Gasteiger partial charge in [0.05, 0.1) is 26.6 Å². The number of hydrogen-bond acceptors (Lipinski definition) is 6. The fraction of sp³-hybridized carbons (Fsp3) is 0.417. The summed E-state index contributed by atoms with van der Waals surface area (Å²) in [5, 5.41) is 11.0. The molecule has 1 unspecified atom stereocenters. The lowest BCUT2D eigenvalue weighted by Gasteiger charge is -2.09. The van der Waals surface area contributed by atoms with Crippen LogP contribution in [0.3, 0.4) is 0 Å². The standard InChI is InChI=1S/C12H12F3NO5S2/c1-7(2)21-11(17)6-22-10-4-3-8(5-9(10)16(18)19)23(20)12(13,14)15/h3-5,7H,6H2,1-2H3. The molecule has 1 rings (SSSR count). The smallest absolute Gasteiger partial charge is 0.462 e. The quantitative estimate of drug-likeness (QED) is 0.330. The molecule has 1 aromatic carbocycles. The van der Waals surface area contributed by atoms with Crippen LogP contribution >= 0.6 is 11.8 Å². The van der Waals surface area contributed by atoms with Gasteiger partial charge in [0.25, 0.3) is 5.69 Å². The first-order valence-corrected chi connectivity index (χ1v) is 8.25. The van der Waals surface area contributed by atoms with Crippen molar-refractivity contribution in [2.45, 2.75) is 35.3 Å². The van der Waals surface area contributed by atoms with Crippen molar-refractivity contribution in [1.82, 2.24) is 0 Å². The average Bonchev–Trinajstić information content (AvgIpc) is 2.42. The molecule has 0 aliphatic heterocycles. The van der Waals surface area contributed by atoms with E-state index in [1.54, 1.807) is 13.8 Å². The van der Waals surface area contributed by atoms with Crippen molar-refractivity contribution in [3.8, 4) is 0 Å². The zero-order valence-corrected chi connectivity index (χ0v) is 13.6. The highest BCUT2D eigenvalue weighted by atomic mass is 32.2. The lowest BCUT2D eigenvalue weighted by molar-refractivity contribution is -0.387. The monoisotopic (exact) mass is 371 g/mol. The van der Waals surface area contributed by atoms with Gasteiger partial charge in [0.15, 0.2) is 10.8 Å². The Labute approximate surface area is 136 Å². The Morgan fingerprint density at radius 3 is 2.52 bits per heavy atom. The number of benzene rings is 1. The first kappa shape index (κ1) is 19.4. The third kappa shape index (κ3) is 5.82. The van der Waals surface area contributed by atoms with Crippen LogP contribution in [0.25, 0.3) is 0 Å². The van der Waals surface area contributed by atoms with Crippen LogP contribution in [0.5, 0.6) is 0 Å². The Balaban J connectivity index is 3.00. The molecule has 11 heteroatoms. The van der Waals surface area contributed by atoms with Gasteiger partial charge < -0.3 is 4.74 Å². The molecule has 0 bridgehead atoms. The van der Waals surface area contributed by atoms with Gasteiger partial charge in [0, 0.05) is 6.07 Å². The normalized spacial score (nSPS) is 13.0. The molecule has 0 aliphatic rings. The number of halogens is 3. The fourth-order valence-electron chi connectivity index (χ4n) is 1.44. The summed E-state index contributed by atoms with van der Waals surface area (Å²) in [5.74, 6) is -0.844. The minimum absolute atomic E-state index is 0.0152. The molecule has 0 heterocycles. The molecule has 0 amide bonds. The average molecular weight is 371 g/mol. The van der Waals surface area contributed by atoms with Crippen molar-refractivity contribution in [1.29, 1.82) is 0 Å². The molecule has 0 saturated heterocycles. The molecule has 0 radical (unpaired) electrons. The number of ether oxygens (including phenoxy) is 1. The summed E-state index contributed by atoms with van der Waals surface area (Å²) >= 11 is 0.757. The number of thioether (sulfide) groups is 1. The van der Waals surface area contributed by atoms with Crippen molar-refractivity contribution >= 4 is 34.2 Å². The van der Waals surface area contributed by atoms with Crippen LogP contribution in [-0.4, -0.2) is 32.5 Å². The number of nitro benzene ring substituents is 1. The SMILES string of the molecule is CC(C)OC(=O)CSc1ccc(S(=O)C(F)(F)F)cc1[N+](=O)[O-]. The van der Waals surface area contributed by atoms with Gasteiger partial charge in [-0.15, -0.1) is 11.8 Å². The molecular weight excluding hydrogens is 359 g/mol. The van der Waals surface area contributed by atoms with Crippen molar-refractivity contribution in [2.75, 3.05) is 5.75 Å². The van der Waals surface area contributed by atoms with Crippen LogP contribution in [0, 0.1) is 10.1 Å². The van der Waals surface area contributed by atoms with E-state index in [9.17, 15) is 32.3 Å². The molecule has 23 heavy (non-hydrogen) atoms. The van der Waals surface area contributed by atoms with Crippen LogP contribution in [-0.2, 0) is 20.3 Å². The van der Waals surface area contributed by atoms with Crippen LogP contribution in [0.15, 0.2) is 28.0 Å². The number of carbonyl (C=O) groups excluding carboxylic acids is 1. The first-order valence-electron chi connectivity index (χ1n) is 6.11. The zero-order valence-electron chi connectivity index (χ0n) is 12.0. The Hall–Kier alpha value is -1.62. The highest BCUT2D eigenvalue weighted by Gasteiger charge is 2.38. The van der Waals surface area contributed by atoms with Crippen molar-refractivity contribution in [2.24, 2.45) is 0 Å². The number of alkyl halides is 3. The second kappa shape index (κ2) is 7.77. The van der Waals surface area contributed by atoms with E-state index in [2.05, 4.69) is 0 Å². The highest BCUT2D eigenvalue weighted by Crippen LogP contribution is 2.34.